The van der Waals surface area contributed by atoms with E-state index in [1.54, 1.807) is 23.2 Å². The quantitative estimate of drug-likeness (QED) is 0.233. The van der Waals surface area contributed by atoms with Crippen molar-refractivity contribution in [1.29, 1.82) is 0 Å². The maximum absolute atomic E-state index is 12.9. The zero-order valence-electron chi connectivity index (χ0n) is 24.1. The molecular formula is C33H30F3N5O4. The number of nitrogens with one attached hydrogen (secondary N) is 2. The highest BCUT2D eigenvalue weighted by molar-refractivity contribution is 6.02. The fourth-order valence-corrected chi connectivity index (χ4v) is 5.91. The van der Waals surface area contributed by atoms with Gasteiger partial charge in [0, 0.05) is 42.6 Å². The number of amides is 3. The van der Waals surface area contributed by atoms with E-state index in [-0.39, 0.29) is 29.6 Å². The number of aromatic nitrogens is 1. The standard InChI is InChI=1S/C33H30F3N5O4/c34-33(35,36)45-25-14-12-24(13-15-25)38-30(42)39-27-10-6-18-37-29(27)41-22-32(26-9-4-5-11-28(26)41)16-19-40(20-17-32)31(43)44-21-23-7-2-1-3-8-23/h1-15,18H,16-17,19-22H2,(H2,38,39,42). The predicted molar refractivity (Wildman–Crippen MR) is 163 cm³/mol. The first-order valence-corrected chi connectivity index (χ1v) is 14.4. The Balaban J connectivity index is 1.13. The summed E-state index contributed by atoms with van der Waals surface area (Å²) in [5.74, 6) is 0.162. The first kappa shape index (κ1) is 29.8. The summed E-state index contributed by atoms with van der Waals surface area (Å²) in [4.78, 5) is 34.2. The van der Waals surface area contributed by atoms with E-state index >= 15 is 0 Å². The molecule has 0 saturated carbocycles. The summed E-state index contributed by atoms with van der Waals surface area (Å²) in [6.45, 7) is 1.91. The van der Waals surface area contributed by atoms with Gasteiger partial charge in [0.25, 0.3) is 0 Å². The summed E-state index contributed by atoms with van der Waals surface area (Å²) in [7, 11) is 0. The number of hydrogen-bond acceptors (Lipinski definition) is 6. The molecule has 12 heteroatoms. The van der Waals surface area contributed by atoms with Crippen LogP contribution in [0.15, 0.2) is 97.2 Å². The third-order valence-corrected chi connectivity index (χ3v) is 8.05. The lowest BCUT2D eigenvalue weighted by molar-refractivity contribution is -0.274. The Morgan fingerprint density at radius 2 is 1.58 bits per heavy atom. The second-order valence-corrected chi connectivity index (χ2v) is 10.9. The van der Waals surface area contributed by atoms with E-state index in [9.17, 15) is 22.8 Å². The van der Waals surface area contributed by atoms with Gasteiger partial charge in [-0.25, -0.2) is 14.6 Å². The second-order valence-electron chi connectivity index (χ2n) is 10.9. The maximum Gasteiger partial charge on any atom is 0.573 e. The van der Waals surface area contributed by atoms with E-state index in [1.807, 2.05) is 48.5 Å². The van der Waals surface area contributed by atoms with Gasteiger partial charge in [-0.15, -0.1) is 13.2 Å². The summed E-state index contributed by atoms with van der Waals surface area (Å²) in [5, 5.41) is 5.45. The minimum absolute atomic E-state index is 0.221. The van der Waals surface area contributed by atoms with Crippen LogP contribution in [0, 0.1) is 0 Å². The molecule has 9 nitrogen and oxygen atoms in total. The molecule has 3 heterocycles. The van der Waals surface area contributed by atoms with E-state index < -0.39 is 12.4 Å². The maximum atomic E-state index is 12.9. The summed E-state index contributed by atoms with van der Waals surface area (Å²) < 4.78 is 46.9. The number of hydrogen-bond donors (Lipinski definition) is 2. The third kappa shape index (κ3) is 6.79. The van der Waals surface area contributed by atoms with E-state index in [4.69, 9.17) is 4.74 Å². The average molecular weight is 618 g/mol. The van der Waals surface area contributed by atoms with Crippen LogP contribution in [-0.2, 0) is 16.8 Å². The van der Waals surface area contributed by atoms with Gasteiger partial charge in [-0.05, 0) is 66.4 Å². The van der Waals surface area contributed by atoms with Crippen molar-refractivity contribution >= 4 is 35.0 Å². The highest BCUT2D eigenvalue weighted by atomic mass is 19.4. The van der Waals surface area contributed by atoms with Crippen LogP contribution in [0.4, 0.5) is 45.6 Å². The Labute approximate surface area is 257 Å². The second kappa shape index (κ2) is 12.4. The number of likely N-dealkylation sites (tertiary alicyclic amines) is 1. The molecule has 2 aliphatic rings. The van der Waals surface area contributed by atoms with Crippen molar-refractivity contribution in [3.05, 3.63) is 108 Å². The van der Waals surface area contributed by atoms with E-state index in [1.165, 1.54) is 12.1 Å². The fourth-order valence-electron chi connectivity index (χ4n) is 5.91. The molecule has 0 unspecified atom stereocenters. The zero-order chi connectivity index (χ0) is 31.4. The van der Waals surface area contributed by atoms with Gasteiger partial charge in [-0.2, -0.15) is 0 Å². The Bertz CT molecular complexity index is 1660. The number of anilines is 4. The molecule has 2 aliphatic heterocycles. The van der Waals surface area contributed by atoms with Gasteiger partial charge in [0.1, 0.15) is 12.4 Å². The van der Waals surface area contributed by atoms with Crippen molar-refractivity contribution < 1.29 is 32.2 Å². The van der Waals surface area contributed by atoms with E-state index in [2.05, 4.69) is 31.3 Å². The van der Waals surface area contributed by atoms with Gasteiger partial charge in [0.05, 0.1) is 5.69 Å². The van der Waals surface area contributed by atoms with Crippen molar-refractivity contribution in [2.75, 3.05) is 35.2 Å². The lowest BCUT2D eigenvalue weighted by Gasteiger charge is -2.39. The number of alkyl halides is 3. The molecular weight excluding hydrogens is 587 g/mol. The fraction of sp³-hybridized carbons (Fsp3) is 0.242. The van der Waals surface area contributed by atoms with Gasteiger partial charge < -0.3 is 29.9 Å². The number of rotatable bonds is 6. The summed E-state index contributed by atoms with van der Waals surface area (Å²) >= 11 is 0. The number of nitrogens with zero attached hydrogens (tertiary/aromatic N) is 3. The van der Waals surface area contributed by atoms with Crippen LogP contribution in [0.25, 0.3) is 0 Å². The predicted octanol–water partition coefficient (Wildman–Crippen LogP) is 7.45. The largest absolute Gasteiger partial charge is 0.573 e. The number of piperidine rings is 1. The van der Waals surface area contributed by atoms with Crippen LogP contribution >= 0.6 is 0 Å². The van der Waals surface area contributed by atoms with Crippen LogP contribution in [0.2, 0.25) is 0 Å². The van der Waals surface area contributed by atoms with Crippen molar-refractivity contribution in [3.63, 3.8) is 0 Å². The number of fused-ring (bicyclic) bond motifs is 2. The molecule has 1 spiro atoms. The Morgan fingerprint density at radius 1 is 0.867 bits per heavy atom. The Morgan fingerprint density at radius 3 is 2.31 bits per heavy atom. The van der Waals surface area contributed by atoms with Crippen LogP contribution < -0.4 is 20.3 Å². The summed E-state index contributed by atoms with van der Waals surface area (Å²) in [6, 6.07) is 25.4. The molecule has 3 amide bonds. The van der Waals surface area contributed by atoms with Crippen LogP contribution in [-0.4, -0.2) is 48.0 Å². The van der Waals surface area contributed by atoms with Gasteiger partial charge in [-0.1, -0.05) is 48.5 Å². The number of halogens is 3. The SMILES string of the molecule is O=C(Nc1ccc(OC(F)(F)F)cc1)Nc1cccnc1N1CC2(CCN(C(=O)OCc3ccccc3)CC2)c2ccccc21. The minimum Gasteiger partial charge on any atom is -0.445 e. The van der Waals surface area contributed by atoms with Crippen molar-refractivity contribution in [3.8, 4) is 5.75 Å². The smallest absolute Gasteiger partial charge is 0.445 e. The summed E-state index contributed by atoms with van der Waals surface area (Å²) in [5.41, 5.74) is 3.57. The van der Waals surface area contributed by atoms with Crippen molar-refractivity contribution in [2.24, 2.45) is 0 Å². The molecule has 0 radical (unpaired) electrons. The van der Waals surface area contributed by atoms with Gasteiger partial charge in [0.2, 0.25) is 0 Å². The third-order valence-electron chi connectivity index (χ3n) is 8.05. The lowest BCUT2D eigenvalue weighted by Crippen LogP contribution is -2.47. The van der Waals surface area contributed by atoms with Gasteiger partial charge >= 0.3 is 18.5 Å². The van der Waals surface area contributed by atoms with Crippen molar-refractivity contribution in [1.82, 2.24) is 9.88 Å². The number of carbonyl (C=O) groups is 2. The average Bonchev–Trinajstić information content (AvgIpc) is 3.34. The molecule has 2 N–H and O–H groups in total. The zero-order valence-corrected chi connectivity index (χ0v) is 24.1. The number of ether oxygens (including phenoxy) is 2. The highest BCUT2D eigenvalue weighted by Gasteiger charge is 2.46. The lowest BCUT2D eigenvalue weighted by atomic mass is 9.74. The van der Waals surface area contributed by atoms with E-state index in [0.29, 0.717) is 31.1 Å². The molecule has 232 valence electrons. The highest BCUT2D eigenvalue weighted by Crippen LogP contribution is 2.50. The van der Waals surface area contributed by atoms with Gasteiger partial charge in [0.15, 0.2) is 5.82 Å². The number of carbonyl (C=O) groups excluding carboxylic acids is 2. The monoisotopic (exact) mass is 617 g/mol. The Hall–Kier alpha value is -5.26. The van der Waals surface area contributed by atoms with Crippen LogP contribution in [0.5, 0.6) is 5.75 Å². The first-order valence-electron chi connectivity index (χ1n) is 14.4. The molecule has 1 saturated heterocycles. The number of urea groups is 1. The molecule has 3 aromatic carbocycles. The molecule has 4 aromatic rings. The molecule has 45 heavy (non-hydrogen) atoms. The summed E-state index contributed by atoms with van der Waals surface area (Å²) in [6.07, 6.45) is -2.03. The normalized spacial score (nSPS) is 15.4. The van der Waals surface area contributed by atoms with Crippen molar-refractivity contribution in [2.45, 2.75) is 31.2 Å². The Kier molecular flexibility index (Phi) is 8.20. The van der Waals surface area contributed by atoms with Gasteiger partial charge in [-0.3, -0.25) is 0 Å². The number of para-hydroxylation sites is 1. The van der Waals surface area contributed by atoms with Crippen LogP contribution in [0.3, 0.4) is 0 Å². The topological polar surface area (TPSA) is 96.0 Å². The van der Waals surface area contributed by atoms with E-state index in [0.717, 1.165) is 41.8 Å². The molecule has 1 aromatic heterocycles. The number of pyridine rings is 1. The molecule has 0 bridgehead atoms. The molecule has 0 atom stereocenters. The molecule has 6 rings (SSSR count). The van der Waals surface area contributed by atoms with Crippen LogP contribution in [0.1, 0.15) is 24.0 Å². The number of benzene rings is 3. The molecule has 1 fully saturated rings. The minimum atomic E-state index is -4.80. The molecule has 0 aliphatic carbocycles. The first-order chi connectivity index (χ1) is 21.7.